The van der Waals surface area contributed by atoms with Crippen LogP contribution in [0.15, 0.2) is 65.6 Å². The molecule has 1 N–H and O–H groups in total. The van der Waals surface area contributed by atoms with Gasteiger partial charge in [0.2, 0.25) is 0 Å². The average Bonchev–Trinajstić information content (AvgIpc) is 2.59. The second kappa shape index (κ2) is 7.77. The monoisotopic (exact) mass is 386 g/mol. The Balaban J connectivity index is 1.84. The Morgan fingerprint density at radius 2 is 1.88 bits per heavy atom. The van der Waals surface area contributed by atoms with E-state index in [0.717, 1.165) is 11.1 Å². The number of amides is 1. The smallest absolute Gasteiger partial charge is 0.257 e. The fraction of sp³-hybridized carbons (Fsp3) is 0.100. The molecule has 0 unspecified atom stereocenters. The second-order valence-corrected chi connectivity index (χ2v) is 6.79. The fourth-order valence-corrected chi connectivity index (χ4v) is 3.04. The number of aryl methyl sites for hydroxylation is 1. The van der Waals surface area contributed by atoms with Gasteiger partial charge in [-0.05, 0) is 36.8 Å². The number of carbonyl (C=O) groups is 1. The number of halogens is 2. The van der Waals surface area contributed by atoms with Crippen molar-refractivity contribution in [2.75, 3.05) is 5.32 Å². The topological polar surface area (TPSA) is 51.1 Å². The van der Waals surface area contributed by atoms with Crippen molar-refractivity contribution in [3.8, 4) is 0 Å². The summed E-state index contributed by atoms with van der Waals surface area (Å²) in [5.41, 5.74) is 2.75. The maximum atomic E-state index is 12.5. The van der Waals surface area contributed by atoms with E-state index in [9.17, 15) is 9.59 Å². The van der Waals surface area contributed by atoms with Crippen molar-refractivity contribution >= 4 is 34.8 Å². The molecule has 0 fully saturated rings. The summed E-state index contributed by atoms with van der Waals surface area (Å²) in [5.74, 6) is -0.354. The van der Waals surface area contributed by atoms with Crippen LogP contribution < -0.4 is 10.9 Å². The molecule has 2 aromatic carbocycles. The predicted octanol–water partition coefficient (Wildman–Crippen LogP) is 4.76. The molecule has 3 rings (SSSR count). The maximum Gasteiger partial charge on any atom is 0.257 e. The van der Waals surface area contributed by atoms with Gasteiger partial charge in [0, 0.05) is 17.3 Å². The molecule has 0 bridgehead atoms. The number of anilines is 1. The third kappa shape index (κ3) is 4.34. The highest BCUT2D eigenvalue weighted by molar-refractivity contribution is 6.36. The molecule has 1 heterocycles. The van der Waals surface area contributed by atoms with Crippen molar-refractivity contribution in [1.82, 2.24) is 4.57 Å². The van der Waals surface area contributed by atoms with Crippen molar-refractivity contribution in [3.05, 3.63) is 97.9 Å². The quantitative estimate of drug-likeness (QED) is 0.702. The van der Waals surface area contributed by atoms with E-state index in [1.807, 2.05) is 31.2 Å². The Kier molecular flexibility index (Phi) is 5.45. The van der Waals surface area contributed by atoms with Gasteiger partial charge < -0.3 is 9.88 Å². The van der Waals surface area contributed by atoms with Gasteiger partial charge >= 0.3 is 0 Å². The third-order valence-corrected chi connectivity index (χ3v) is 4.41. The first-order valence-electron chi connectivity index (χ1n) is 7.95. The Morgan fingerprint density at radius 1 is 1.08 bits per heavy atom. The normalized spacial score (nSPS) is 10.6. The minimum Gasteiger partial charge on any atom is -0.321 e. The minimum atomic E-state index is -0.354. The summed E-state index contributed by atoms with van der Waals surface area (Å²) in [5, 5.41) is 3.56. The first kappa shape index (κ1) is 18.2. The van der Waals surface area contributed by atoms with E-state index < -0.39 is 0 Å². The van der Waals surface area contributed by atoms with Crippen LogP contribution in [0.5, 0.6) is 0 Å². The summed E-state index contributed by atoms with van der Waals surface area (Å²) in [4.78, 5) is 24.6. The van der Waals surface area contributed by atoms with Crippen LogP contribution in [-0.4, -0.2) is 10.5 Å². The largest absolute Gasteiger partial charge is 0.321 e. The number of carbonyl (C=O) groups excluding carboxylic acids is 1. The summed E-state index contributed by atoms with van der Waals surface area (Å²) in [7, 11) is 0. The summed E-state index contributed by atoms with van der Waals surface area (Å²) in [6, 6.07) is 15.6. The second-order valence-electron chi connectivity index (χ2n) is 5.95. The highest BCUT2D eigenvalue weighted by Crippen LogP contribution is 2.25. The van der Waals surface area contributed by atoms with Crippen LogP contribution in [0.2, 0.25) is 10.0 Å². The average molecular weight is 387 g/mol. The van der Waals surface area contributed by atoms with Gasteiger partial charge in [0.15, 0.2) is 0 Å². The zero-order valence-electron chi connectivity index (χ0n) is 14.0. The number of pyridine rings is 1. The number of nitrogens with one attached hydrogen (secondary N) is 1. The number of hydrogen-bond acceptors (Lipinski definition) is 2. The van der Waals surface area contributed by atoms with Crippen molar-refractivity contribution in [3.63, 3.8) is 0 Å². The van der Waals surface area contributed by atoms with Crippen LogP contribution >= 0.6 is 23.2 Å². The lowest BCUT2D eigenvalue weighted by Crippen LogP contribution is -2.22. The molecule has 0 aliphatic rings. The summed E-state index contributed by atoms with van der Waals surface area (Å²) >= 11 is 11.9. The molecule has 0 aliphatic carbocycles. The molecule has 26 heavy (non-hydrogen) atoms. The van der Waals surface area contributed by atoms with E-state index >= 15 is 0 Å². The van der Waals surface area contributed by atoms with Gasteiger partial charge in [-0.2, -0.15) is 0 Å². The van der Waals surface area contributed by atoms with Gasteiger partial charge in [0.25, 0.3) is 11.5 Å². The molecule has 1 aromatic heterocycles. The van der Waals surface area contributed by atoms with Crippen LogP contribution in [0.3, 0.4) is 0 Å². The summed E-state index contributed by atoms with van der Waals surface area (Å²) in [6.45, 7) is 2.38. The minimum absolute atomic E-state index is 0.174. The van der Waals surface area contributed by atoms with E-state index in [0.29, 0.717) is 27.8 Å². The third-order valence-electron chi connectivity index (χ3n) is 3.86. The standard InChI is InChI=1S/C20H16Cl2N2O2/c1-13-3-2-4-14(9-13)11-24-12-15(5-8-19(24)25)20(26)23-18-7-6-16(21)10-17(18)22/h2-10,12H,11H2,1H3,(H,23,26). The fourth-order valence-electron chi connectivity index (χ4n) is 2.58. The van der Waals surface area contributed by atoms with Gasteiger partial charge in [-0.15, -0.1) is 0 Å². The lowest BCUT2D eigenvalue weighted by Gasteiger charge is -2.10. The Labute approximate surface area is 161 Å². The molecule has 0 atom stereocenters. The molecular weight excluding hydrogens is 371 g/mol. The molecule has 132 valence electrons. The molecule has 1 amide bonds. The molecular formula is C20H16Cl2N2O2. The summed E-state index contributed by atoms with van der Waals surface area (Å²) in [6.07, 6.45) is 1.55. The Hall–Kier alpha value is -2.56. The predicted molar refractivity (Wildman–Crippen MR) is 105 cm³/mol. The molecule has 4 nitrogen and oxygen atoms in total. The van der Waals surface area contributed by atoms with E-state index in [-0.39, 0.29) is 11.5 Å². The van der Waals surface area contributed by atoms with Crippen LogP contribution in [-0.2, 0) is 6.54 Å². The lowest BCUT2D eigenvalue weighted by atomic mass is 10.1. The Bertz CT molecular complexity index is 1030. The van der Waals surface area contributed by atoms with Crippen LogP contribution in [0.1, 0.15) is 21.5 Å². The van der Waals surface area contributed by atoms with Gasteiger partial charge in [-0.25, -0.2) is 0 Å². The van der Waals surface area contributed by atoms with Crippen molar-refractivity contribution in [2.45, 2.75) is 13.5 Å². The lowest BCUT2D eigenvalue weighted by molar-refractivity contribution is 0.102. The molecule has 0 radical (unpaired) electrons. The van der Waals surface area contributed by atoms with E-state index in [1.165, 1.54) is 16.7 Å². The van der Waals surface area contributed by atoms with Gasteiger partial charge in [-0.1, -0.05) is 53.0 Å². The molecule has 0 saturated heterocycles. The van der Waals surface area contributed by atoms with E-state index in [2.05, 4.69) is 5.32 Å². The first-order chi connectivity index (χ1) is 12.4. The van der Waals surface area contributed by atoms with Gasteiger partial charge in [-0.3, -0.25) is 9.59 Å². The van der Waals surface area contributed by atoms with Crippen molar-refractivity contribution in [1.29, 1.82) is 0 Å². The summed E-state index contributed by atoms with van der Waals surface area (Å²) < 4.78 is 1.51. The van der Waals surface area contributed by atoms with E-state index in [1.54, 1.807) is 24.4 Å². The molecule has 6 heteroatoms. The van der Waals surface area contributed by atoms with Crippen LogP contribution in [0.4, 0.5) is 5.69 Å². The van der Waals surface area contributed by atoms with Crippen LogP contribution in [0.25, 0.3) is 0 Å². The van der Waals surface area contributed by atoms with Crippen molar-refractivity contribution < 1.29 is 4.79 Å². The first-order valence-corrected chi connectivity index (χ1v) is 8.70. The van der Waals surface area contributed by atoms with Gasteiger partial charge in [0.1, 0.15) is 0 Å². The highest BCUT2D eigenvalue weighted by atomic mass is 35.5. The Morgan fingerprint density at radius 3 is 2.62 bits per heavy atom. The number of aromatic nitrogens is 1. The van der Waals surface area contributed by atoms with E-state index in [4.69, 9.17) is 23.2 Å². The highest BCUT2D eigenvalue weighted by Gasteiger charge is 2.11. The molecule has 0 spiro atoms. The molecule has 3 aromatic rings. The number of nitrogens with zero attached hydrogens (tertiary/aromatic N) is 1. The zero-order chi connectivity index (χ0) is 18.7. The molecule has 0 saturated carbocycles. The SMILES string of the molecule is Cc1cccc(Cn2cc(C(=O)Nc3ccc(Cl)cc3Cl)ccc2=O)c1. The van der Waals surface area contributed by atoms with Crippen LogP contribution in [0, 0.1) is 6.92 Å². The maximum absolute atomic E-state index is 12.5. The number of rotatable bonds is 4. The van der Waals surface area contributed by atoms with Crippen molar-refractivity contribution in [2.24, 2.45) is 0 Å². The van der Waals surface area contributed by atoms with Gasteiger partial charge in [0.05, 0.1) is 22.8 Å². The molecule has 0 aliphatic heterocycles. The zero-order valence-corrected chi connectivity index (χ0v) is 15.5. The number of hydrogen-bond donors (Lipinski definition) is 1. The number of benzene rings is 2.